The summed E-state index contributed by atoms with van der Waals surface area (Å²) < 4.78 is 0. The number of thioether (sulfide) groups is 1. The maximum atomic E-state index is 12.0. The average Bonchev–Trinajstić information content (AvgIpc) is 2.39. The molecule has 0 bridgehead atoms. The lowest BCUT2D eigenvalue weighted by molar-refractivity contribution is -0.119. The summed E-state index contributed by atoms with van der Waals surface area (Å²) in [5.41, 5.74) is 1.00. The second-order valence-electron chi connectivity index (χ2n) is 3.52. The molecule has 1 aliphatic heterocycles. The quantitative estimate of drug-likeness (QED) is 0.778. The van der Waals surface area contributed by atoms with Gasteiger partial charge in [0.25, 0.3) is 0 Å². The molecule has 0 radical (unpaired) electrons. The molecule has 80 valence electrons. The van der Waals surface area contributed by atoms with Crippen LogP contribution in [-0.2, 0) is 4.79 Å². The fourth-order valence-electron chi connectivity index (χ4n) is 1.66. The summed E-state index contributed by atoms with van der Waals surface area (Å²) in [7, 11) is 3.66. The van der Waals surface area contributed by atoms with Crippen LogP contribution in [0.5, 0.6) is 0 Å². The summed E-state index contributed by atoms with van der Waals surface area (Å²) in [4.78, 5) is 14.9. The summed E-state index contributed by atoms with van der Waals surface area (Å²) in [5, 5.41) is 3.05. The maximum Gasteiger partial charge on any atom is 0.244 e. The zero-order valence-corrected chi connectivity index (χ0v) is 9.67. The Bertz CT molecular complexity index is 381. The van der Waals surface area contributed by atoms with E-state index >= 15 is 0 Å². The van der Waals surface area contributed by atoms with Crippen LogP contribution in [0.25, 0.3) is 0 Å². The molecule has 0 unspecified atom stereocenters. The monoisotopic (exact) mass is 222 g/mol. The predicted octanol–water partition coefficient (Wildman–Crippen LogP) is 1.34. The van der Waals surface area contributed by atoms with E-state index in [0.717, 1.165) is 11.4 Å². The van der Waals surface area contributed by atoms with Crippen LogP contribution < -0.4 is 10.2 Å². The number of carbonyl (C=O) groups excluding carboxylic acids is 1. The number of benzene rings is 1. The number of fused-ring (bicyclic) bond motifs is 1. The van der Waals surface area contributed by atoms with Crippen LogP contribution in [0.3, 0.4) is 0 Å². The molecule has 0 saturated carbocycles. The van der Waals surface area contributed by atoms with Crippen molar-refractivity contribution in [1.82, 2.24) is 5.32 Å². The lowest BCUT2D eigenvalue weighted by atomic mass is 10.2. The number of nitrogens with one attached hydrogen (secondary N) is 1. The molecule has 4 heteroatoms. The highest BCUT2D eigenvalue weighted by Crippen LogP contribution is 2.32. The Kier molecular flexibility index (Phi) is 2.98. The second-order valence-corrected chi connectivity index (χ2v) is 4.58. The molecule has 15 heavy (non-hydrogen) atoms. The van der Waals surface area contributed by atoms with Crippen LogP contribution in [0.1, 0.15) is 0 Å². The second kappa shape index (κ2) is 4.24. The number of para-hydroxylation sites is 1. The van der Waals surface area contributed by atoms with Crippen molar-refractivity contribution in [2.75, 3.05) is 24.7 Å². The molecule has 1 aromatic carbocycles. The summed E-state index contributed by atoms with van der Waals surface area (Å²) in [6.07, 6.45) is 0. The van der Waals surface area contributed by atoms with E-state index in [-0.39, 0.29) is 11.9 Å². The first kappa shape index (κ1) is 10.5. The van der Waals surface area contributed by atoms with Crippen LogP contribution in [0, 0.1) is 0 Å². The normalized spacial score (nSPS) is 21.1. The summed E-state index contributed by atoms with van der Waals surface area (Å²) in [5.74, 6) is 0.923. The Balaban J connectivity index is 2.39. The van der Waals surface area contributed by atoms with Crippen molar-refractivity contribution < 1.29 is 4.79 Å². The Morgan fingerprint density at radius 2 is 2.20 bits per heavy atom. The van der Waals surface area contributed by atoms with Crippen LogP contribution in [0.4, 0.5) is 5.69 Å². The van der Waals surface area contributed by atoms with Crippen LogP contribution >= 0.6 is 11.8 Å². The lowest BCUT2D eigenvalue weighted by Gasteiger charge is -2.20. The first-order valence-corrected chi connectivity index (χ1v) is 5.89. The highest BCUT2D eigenvalue weighted by atomic mass is 32.2. The topological polar surface area (TPSA) is 32.3 Å². The van der Waals surface area contributed by atoms with E-state index < -0.39 is 0 Å². The molecular formula is C11H14N2OS. The fourth-order valence-corrected chi connectivity index (χ4v) is 2.84. The molecule has 3 nitrogen and oxygen atoms in total. The van der Waals surface area contributed by atoms with Crippen molar-refractivity contribution in [3.63, 3.8) is 0 Å². The average molecular weight is 222 g/mol. The van der Waals surface area contributed by atoms with Gasteiger partial charge in [-0.3, -0.25) is 4.79 Å². The minimum atomic E-state index is -0.0904. The van der Waals surface area contributed by atoms with Gasteiger partial charge in [0.2, 0.25) is 5.91 Å². The Labute approximate surface area is 93.8 Å². The molecule has 1 heterocycles. The third-order valence-electron chi connectivity index (χ3n) is 2.61. The first-order valence-electron chi connectivity index (χ1n) is 4.90. The molecule has 1 N–H and O–H groups in total. The molecular weight excluding hydrogens is 208 g/mol. The number of hydrogen-bond donors (Lipinski definition) is 1. The highest BCUT2D eigenvalue weighted by Gasteiger charge is 2.26. The van der Waals surface area contributed by atoms with Crippen molar-refractivity contribution in [3.05, 3.63) is 24.3 Å². The maximum absolute atomic E-state index is 12.0. The van der Waals surface area contributed by atoms with Gasteiger partial charge in [-0.15, -0.1) is 11.8 Å². The van der Waals surface area contributed by atoms with Gasteiger partial charge in [0.15, 0.2) is 0 Å². The highest BCUT2D eigenvalue weighted by molar-refractivity contribution is 7.99. The van der Waals surface area contributed by atoms with Crippen molar-refractivity contribution >= 4 is 23.4 Å². The minimum absolute atomic E-state index is 0.0904. The molecule has 1 aliphatic rings. The number of hydrogen-bond acceptors (Lipinski definition) is 3. The van der Waals surface area contributed by atoms with Gasteiger partial charge in [-0.2, -0.15) is 0 Å². The number of carbonyl (C=O) groups is 1. The van der Waals surface area contributed by atoms with E-state index in [0.29, 0.717) is 0 Å². The molecule has 2 rings (SSSR count). The smallest absolute Gasteiger partial charge is 0.244 e. The van der Waals surface area contributed by atoms with Crippen molar-refractivity contribution in [2.24, 2.45) is 0 Å². The molecule has 0 aromatic heterocycles. The number of amides is 1. The van der Waals surface area contributed by atoms with Crippen LogP contribution in [0.2, 0.25) is 0 Å². The number of anilines is 1. The number of likely N-dealkylation sites (N-methyl/N-ethyl adjacent to an activating group) is 2. The number of rotatable bonds is 1. The molecule has 1 aromatic rings. The largest absolute Gasteiger partial charge is 0.313 e. The van der Waals surface area contributed by atoms with Gasteiger partial charge >= 0.3 is 0 Å². The standard InChI is InChI=1S/C11H14N2OS/c1-12-8-7-15-10-6-4-3-5-9(10)13(2)11(8)14/h3-6,8,12H,7H2,1-2H3/t8-/m0/s1. The van der Waals surface area contributed by atoms with Crippen molar-refractivity contribution in [2.45, 2.75) is 10.9 Å². The summed E-state index contributed by atoms with van der Waals surface area (Å²) in [6.45, 7) is 0. The molecule has 1 atom stereocenters. The van der Waals surface area contributed by atoms with Gasteiger partial charge in [0, 0.05) is 17.7 Å². The van der Waals surface area contributed by atoms with Crippen molar-refractivity contribution in [3.8, 4) is 0 Å². The van der Waals surface area contributed by atoms with Gasteiger partial charge in [-0.25, -0.2) is 0 Å². The van der Waals surface area contributed by atoms with Gasteiger partial charge < -0.3 is 10.2 Å². The summed E-state index contributed by atoms with van der Waals surface area (Å²) >= 11 is 1.72. The predicted molar refractivity (Wildman–Crippen MR) is 63.4 cm³/mol. The zero-order chi connectivity index (χ0) is 10.8. The Morgan fingerprint density at radius 1 is 1.47 bits per heavy atom. The third-order valence-corrected chi connectivity index (χ3v) is 3.77. The van der Waals surface area contributed by atoms with E-state index in [1.54, 1.807) is 16.7 Å². The van der Waals surface area contributed by atoms with Gasteiger partial charge in [-0.1, -0.05) is 12.1 Å². The Hall–Kier alpha value is -1.00. The Morgan fingerprint density at radius 3 is 2.93 bits per heavy atom. The molecule has 0 fully saturated rings. The fraction of sp³-hybridized carbons (Fsp3) is 0.364. The van der Waals surface area contributed by atoms with E-state index in [1.165, 1.54) is 4.90 Å². The van der Waals surface area contributed by atoms with Crippen LogP contribution in [0.15, 0.2) is 29.2 Å². The lowest BCUT2D eigenvalue weighted by Crippen LogP contribution is -2.44. The van der Waals surface area contributed by atoms with Gasteiger partial charge in [0.05, 0.1) is 11.7 Å². The van der Waals surface area contributed by atoms with E-state index in [4.69, 9.17) is 0 Å². The number of nitrogens with zero attached hydrogens (tertiary/aromatic N) is 1. The SMILES string of the molecule is CN[C@H]1CSc2ccccc2N(C)C1=O. The first-order chi connectivity index (χ1) is 7.24. The third kappa shape index (κ3) is 1.87. The van der Waals surface area contributed by atoms with E-state index in [1.807, 2.05) is 32.3 Å². The van der Waals surface area contributed by atoms with Crippen molar-refractivity contribution in [1.29, 1.82) is 0 Å². The zero-order valence-electron chi connectivity index (χ0n) is 8.86. The van der Waals surface area contributed by atoms with E-state index in [2.05, 4.69) is 11.4 Å². The summed E-state index contributed by atoms with van der Waals surface area (Å²) in [6, 6.07) is 7.92. The molecule has 0 spiro atoms. The van der Waals surface area contributed by atoms with Crippen LogP contribution in [-0.4, -0.2) is 31.8 Å². The van der Waals surface area contributed by atoms with Gasteiger partial charge in [-0.05, 0) is 19.2 Å². The molecule has 1 amide bonds. The van der Waals surface area contributed by atoms with E-state index in [9.17, 15) is 4.79 Å². The minimum Gasteiger partial charge on any atom is -0.313 e. The van der Waals surface area contributed by atoms with Gasteiger partial charge in [0.1, 0.15) is 0 Å². The molecule has 0 aliphatic carbocycles. The molecule has 0 saturated heterocycles.